The van der Waals surface area contributed by atoms with Gasteiger partial charge in [-0.15, -0.1) is 0 Å². The Hall–Kier alpha value is 0.400. The van der Waals surface area contributed by atoms with Crippen molar-refractivity contribution in [3.63, 3.8) is 0 Å². The average molecular weight is 265 g/mol. The summed E-state index contributed by atoms with van der Waals surface area (Å²) in [6.45, 7) is 9.25. The Morgan fingerprint density at radius 2 is 2.21 bits per heavy atom. The van der Waals surface area contributed by atoms with Crippen LogP contribution in [0.2, 0.25) is 0 Å². The highest BCUT2D eigenvalue weighted by Gasteiger charge is 2.25. The van der Waals surface area contributed by atoms with E-state index in [1.807, 2.05) is 0 Å². The van der Waals surface area contributed by atoms with Crippen LogP contribution in [0.4, 0.5) is 0 Å². The Bertz CT molecular complexity index is 159. The summed E-state index contributed by atoms with van der Waals surface area (Å²) in [4.78, 5) is 0. The van der Waals surface area contributed by atoms with Crippen LogP contribution in [0.5, 0.6) is 0 Å². The topological polar surface area (TPSA) is 18.5 Å². The van der Waals surface area contributed by atoms with E-state index in [1.165, 1.54) is 0 Å². The predicted octanol–water partition coefficient (Wildman–Crippen LogP) is 2.85. The molecular weight excluding hydrogens is 244 g/mol. The molecule has 0 aliphatic carbocycles. The SMILES string of the molecule is CC(C)(C)C(CBr)COC1CCOC1. The molecule has 0 amide bonds. The smallest absolute Gasteiger partial charge is 0.0830 e. The molecule has 0 aromatic carbocycles. The highest BCUT2D eigenvalue weighted by atomic mass is 79.9. The lowest BCUT2D eigenvalue weighted by atomic mass is 9.83. The monoisotopic (exact) mass is 264 g/mol. The molecule has 0 aromatic heterocycles. The fourth-order valence-corrected chi connectivity index (χ4v) is 2.58. The largest absolute Gasteiger partial charge is 0.379 e. The van der Waals surface area contributed by atoms with Gasteiger partial charge in [-0.3, -0.25) is 0 Å². The molecule has 0 spiro atoms. The molecule has 3 heteroatoms. The van der Waals surface area contributed by atoms with Gasteiger partial charge in [-0.1, -0.05) is 36.7 Å². The summed E-state index contributed by atoms with van der Waals surface area (Å²) in [6.07, 6.45) is 1.39. The molecule has 84 valence electrons. The summed E-state index contributed by atoms with van der Waals surface area (Å²) < 4.78 is 11.1. The molecule has 2 nitrogen and oxygen atoms in total. The van der Waals surface area contributed by atoms with Crippen LogP contribution in [-0.4, -0.2) is 31.3 Å². The van der Waals surface area contributed by atoms with Gasteiger partial charge < -0.3 is 9.47 Å². The maximum absolute atomic E-state index is 5.83. The fraction of sp³-hybridized carbons (Fsp3) is 1.00. The summed E-state index contributed by atoms with van der Waals surface area (Å²) in [6, 6.07) is 0. The Labute approximate surface area is 95.5 Å². The van der Waals surface area contributed by atoms with Gasteiger partial charge in [0, 0.05) is 11.9 Å². The Morgan fingerprint density at radius 3 is 2.64 bits per heavy atom. The summed E-state index contributed by atoms with van der Waals surface area (Å²) in [5.74, 6) is 0.572. The van der Waals surface area contributed by atoms with Crippen molar-refractivity contribution in [3.8, 4) is 0 Å². The third-order valence-electron chi connectivity index (χ3n) is 2.83. The molecule has 0 N–H and O–H groups in total. The minimum absolute atomic E-state index is 0.308. The van der Waals surface area contributed by atoms with Crippen molar-refractivity contribution in [2.45, 2.75) is 33.3 Å². The first kappa shape index (κ1) is 12.5. The van der Waals surface area contributed by atoms with Crippen LogP contribution in [0.3, 0.4) is 0 Å². The fourth-order valence-electron chi connectivity index (χ4n) is 1.42. The standard InChI is InChI=1S/C11H21BrO2/c1-11(2,3)9(6-12)7-14-10-4-5-13-8-10/h9-10H,4-8H2,1-3H3. The zero-order chi connectivity index (χ0) is 10.6. The zero-order valence-corrected chi connectivity index (χ0v) is 11.0. The van der Waals surface area contributed by atoms with E-state index in [0.29, 0.717) is 17.4 Å². The molecular formula is C11H21BrO2. The quantitative estimate of drug-likeness (QED) is 0.728. The second-order valence-corrected chi connectivity index (χ2v) is 5.68. The molecule has 0 aromatic rings. The first-order chi connectivity index (χ1) is 6.54. The maximum Gasteiger partial charge on any atom is 0.0830 e. The average Bonchev–Trinajstić information content (AvgIpc) is 2.55. The minimum atomic E-state index is 0.308. The summed E-state index contributed by atoms with van der Waals surface area (Å²) >= 11 is 3.55. The van der Waals surface area contributed by atoms with Crippen molar-refractivity contribution in [2.75, 3.05) is 25.2 Å². The molecule has 1 aliphatic rings. The van der Waals surface area contributed by atoms with Crippen LogP contribution in [0, 0.1) is 11.3 Å². The summed E-state index contributed by atoms with van der Waals surface area (Å²) in [7, 11) is 0. The lowest BCUT2D eigenvalue weighted by Crippen LogP contribution is -2.29. The third-order valence-corrected chi connectivity index (χ3v) is 3.61. The van der Waals surface area contributed by atoms with Crippen LogP contribution in [0.1, 0.15) is 27.2 Å². The summed E-state index contributed by atoms with van der Waals surface area (Å²) in [5, 5.41) is 1.00. The third kappa shape index (κ3) is 3.87. The van der Waals surface area contributed by atoms with E-state index >= 15 is 0 Å². The van der Waals surface area contributed by atoms with Crippen LogP contribution in [0.25, 0.3) is 0 Å². The number of hydrogen-bond donors (Lipinski definition) is 0. The minimum Gasteiger partial charge on any atom is -0.379 e. The molecule has 1 fully saturated rings. The van der Waals surface area contributed by atoms with E-state index in [2.05, 4.69) is 36.7 Å². The van der Waals surface area contributed by atoms with Crippen molar-refractivity contribution < 1.29 is 9.47 Å². The van der Waals surface area contributed by atoms with Crippen LogP contribution in [-0.2, 0) is 9.47 Å². The second-order valence-electron chi connectivity index (χ2n) is 5.04. The van der Waals surface area contributed by atoms with E-state index in [-0.39, 0.29) is 0 Å². The molecule has 14 heavy (non-hydrogen) atoms. The number of hydrogen-bond acceptors (Lipinski definition) is 2. The van der Waals surface area contributed by atoms with Gasteiger partial charge in [-0.25, -0.2) is 0 Å². The van der Waals surface area contributed by atoms with Gasteiger partial charge in [0.25, 0.3) is 0 Å². The highest BCUT2D eigenvalue weighted by molar-refractivity contribution is 9.09. The van der Waals surface area contributed by atoms with E-state index in [0.717, 1.165) is 31.6 Å². The maximum atomic E-state index is 5.83. The lowest BCUT2D eigenvalue weighted by Gasteiger charge is -2.29. The normalized spacial score (nSPS) is 25.3. The Morgan fingerprint density at radius 1 is 1.50 bits per heavy atom. The van der Waals surface area contributed by atoms with Crippen molar-refractivity contribution in [2.24, 2.45) is 11.3 Å². The molecule has 0 saturated carbocycles. The molecule has 1 rings (SSSR count). The lowest BCUT2D eigenvalue weighted by molar-refractivity contribution is 0.00470. The van der Waals surface area contributed by atoms with Gasteiger partial charge in [0.1, 0.15) is 0 Å². The first-order valence-corrected chi connectivity index (χ1v) is 6.41. The molecule has 1 aliphatic heterocycles. The molecule has 2 atom stereocenters. The van der Waals surface area contributed by atoms with Gasteiger partial charge in [-0.2, -0.15) is 0 Å². The Kier molecular flexibility index (Phi) is 4.88. The van der Waals surface area contributed by atoms with Crippen molar-refractivity contribution in [3.05, 3.63) is 0 Å². The van der Waals surface area contributed by atoms with Gasteiger partial charge in [0.2, 0.25) is 0 Å². The first-order valence-electron chi connectivity index (χ1n) is 5.29. The highest BCUT2D eigenvalue weighted by Crippen LogP contribution is 2.28. The molecule has 0 bridgehead atoms. The number of rotatable bonds is 4. The molecule has 0 radical (unpaired) electrons. The Balaban J connectivity index is 2.26. The van der Waals surface area contributed by atoms with Crippen LogP contribution < -0.4 is 0 Å². The van der Waals surface area contributed by atoms with E-state index in [1.54, 1.807) is 0 Å². The predicted molar refractivity (Wildman–Crippen MR) is 61.9 cm³/mol. The molecule has 1 heterocycles. The van der Waals surface area contributed by atoms with E-state index in [4.69, 9.17) is 9.47 Å². The zero-order valence-electron chi connectivity index (χ0n) is 9.38. The van der Waals surface area contributed by atoms with Gasteiger partial charge in [-0.05, 0) is 17.8 Å². The van der Waals surface area contributed by atoms with Crippen molar-refractivity contribution >= 4 is 15.9 Å². The van der Waals surface area contributed by atoms with Crippen LogP contribution >= 0.6 is 15.9 Å². The van der Waals surface area contributed by atoms with Gasteiger partial charge in [0.05, 0.1) is 19.3 Å². The number of ether oxygens (including phenoxy) is 2. The molecule has 2 unspecified atom stereocenters. The van der Waals surface area contributed by atoms with Crippen molar-refractivity contribution in [1.82, 2.24) is 0 Å². The van der Waals surface area contributed by atoms with Gasteiger partial charge in [0.15, 0.2) is 0 Å². The van der Waals surface area contributed by atoms with E-state index < -0.39 is 0 Å². The molecule has 1 saturated heterocycles. The van der Waals surface area contributed by atoms with Crippen LogP contribution in [0.15, 0.2) is 0 Å². The van der Waals surface area contributed by atoms with E-state index in [9.17, 15) is 0 Å². The van der Waals surface area contributed by atoms with Crippen molar-refractivity contribution in [1.29, 1.82) is 0 Å². The second kappa shape index (κ2) is 5.47. The number of alkyl halides is 1. The number of halogens is 1. The summed E-state index contributed by atoms with van der Waals surface area (Å²) in [5.41, 5.74) is 0.308. The van der Waals surface area contributed by atoms with Gasteiger partial charge >= 0.3 is 0 Å².